The van der Waals surface area contributed by atoms with Crippen molar-refractivity contribution in [2.24, 2.45) is 0 Å². The average molecular weight is 942 g/mol. The SMILES string of the molecule is c1ccc(-c2ccc(N(c3ccccc3)c3ccc(-c4cc5c(c6ccccc46)-c4ccccc4C54c5cc6ccccc6cc5-c5c4ccc4ccccc54)c4ccccc34)c3sc4ccccc4c23)cc1. The van der Waals surface area contributed by atoms with Gasteiger partial charge < -0.3 is 4.90 Å². The average Bonchev–Trinajstić information content (AvgIpc) is 4.20. The van der Waals surface area contributed by atoms with Crippen LogP contribution in [0, 0.1) is 0 Å². The second-order valence-corrected chi connectivity index (χ2v) is 20.8. The van der Waals surface area contributed by atoms with E-state index in [0.29, 0.717) is 0 Å². The molecule has 73 heavy (non-hydrogen) atoms. The first-order valence-corrected chi connectivity index (χ1v) is 26.1. The van der Waals surface area contributed by atoms with Crippen molar-refractivity contribution in [1.29, 1.82) is 0 Å². The van der Waals surface area contributed by atoms with Crippen LogP contribution in [-0.4, -0.2) is 0 Å². The van der Waals surface area contributed by atoms with E-state index in [9.17, 15) is 0 Å². The topological polar surface area (TPSA) is 3.24 Å². The van der Waals surface area contributed by atoms with Gasteiger partial charge in [-0.15, -0.1) is 11.3 Å². The molecule has 338 valence electrons. The lowest BCUT2D eigenvalue weighted by molar-refractivity contribution is 0.796. The third-order valence-electron chi connectivity index (χ3n) is 16.2. The Balaban J connectivity index is 0.979. The van der Waals surface area contributed by atoms with Gasteiger partial charge in [-0.3, -0.25) is 0 Å². The van der Waals surface area contributed by atoms with Gasteiger partial charge in [-0.2, -0.15) is 0 Å². The Morgan fingerprint density at radius 2 is 0.890 bits per heavy atom. The molecule has 14 aromatic rings. The van der Waals surface area contributed by atoms with E-state index in [1.165, 1.54) is 136 Å². The predicted octanol–water partition coefficient (Wildman–Crippen LogP) is 19.8. The smallest absolute Gasteiger partial charge is 0.0726 e. The number of thiophene rings is 1. The van der Waals surface area contributed by atoms with Crippen LogP contribution in [-0.2, 0) is 5.41 Å². The maximum absolute atomic E-state index is 2.60. The van der Waals surface area contributed by atoms with Crippen LogP contribution in [0.4, 0.5) is 17.1 Å². The molecule has 0 bridgehead atoms. The van der Waals surface area contributed by atoms with Crippen molar-refractivity contribution in [3.63, 3.8) is 0 Å². The van der Waals surface area contributed by atoms with Crippen LogP contribution in [0.15, 0.2) is 261 Å². The lowest BCUT2D eigenvalue weighted by Gasteiger charge is -2.31. The number of para-hydroxylation sites is 1. The fourth-order valence-electron chi connectivity index (χ4n) is 13.3. The molecule has 1 atom stereocenters. The summed E-state index contributed by atoms with van der Waals surface area (Å²) in [4.78, 5) is 2.51. The van der Waals surface area contributed by atoms with Gasteiger partial charge in [-0.1, -0.05) is 212 Å². The maximum Gasteiger partial charge on any atom is 0.0726 e. The van der Waals surface area contributed by atoms with Gasteiger partial charge in [0.1, 0.15) is 0 Å². The van der Waals surface area contributed by atoms with Crippen LogP contribution in [0.5, 0.6) is 0 Å². The zero-order valence-corrected chi connectivity index (χ0v) is 40.5. The molecule has 1 spiro atoms. The van der Waals surface area contributed by atoms with Gasteiger partial charge in [0, 0.05) is 26.5 Å². The summed E-state index contributed by atoms with van der Waals surface area (Å²) in [7, 11) is 0. The summed E-state index contributed by atoms with van der Waals surface area (Å²) in [6.45, 7) is 0. The Labute approximate surface area is 427 Å². The van der Waals surface area contributed by atoms with E-state index in [2.05, 4.69) is 266 Å². The number of fused-ring (bicyclic) bond motifs is 19. The fraction of sp³-hybridized carbons (Fsp3) is 0.0141. The van der Waals surface area contributed by atoms with E-state index in [1.54, 1.807) is 0 Å². The van der Waals surface area contributed by atoms with Crippen molar-refractivity contribution in [3.8, 4) is 44.5 Å². The first-order chi connectivity index (χ1) is 36.2. The number of hydrogen-bond donors (Lipinski definition) is 0. The van der Waals surface area contributed by atoms with Gasteiger partial charge in [0.15, 0.2) is 0 Å². The minimum absolute atomic E-state index is 0.551. The monoisotopic (exact) mass is 941 g/mol. The van der Waals surface area contributed by atoms with Crippen LogP contribution in [0.3, 0.4) is 0 Å². The van der Waals surface area contributed by atoms with Gasteiger partial charge in [-0.05, 0) is 153 Å². The third-order valence-corrected chi connectivity index (χ3v) is 17.4. The van der Waals surface area contributed by atoms with Gasteiger partial charge >= 0.3 is 0 Å². The molecule has 0 N–H and O–H groups in total. The molecule has 1 nitrogen and oxygen atoms in total. The predicted molar refractivity (Wildman–Crippen MR) is 311 cm³/mol. The van der Waals surface area contributed by atoms with Gasteiger partial charge in [0.2, 0.25) is 0 Å². The molecule has 13 aromatic carbocycles. The quantitative estimate of drug-likeness (QED) is 0.166. The van der Waals surface area contributed by atoms with Crippen molar-refractivity contribution in [2.75, 3.05) is 4.90 Å². The Kier molecular flexibility index (Phi) is 8.60. The molecule has 0 radical (unpaired) electrons. The summed E-state index contributed by atoms with van der Waals surface area (Å²) in [5.74, 6) is 0. The van der Waals surface area contributed by atoms with Crippen molar-refractivity contribution in [1.82, 2.24) is 0 Å². The van der Waals surface area contributed by atoms with Crippen LogP contribution in [0.2, 0.25) is 0 Å². The number of anilines is 3. The highest BCUT2D eigenvalue weighted by atomic mass is 32.1. The minimum Gasteiger partial charge on any atom is -0.308 e. The zero-order chi connectivity index (χ0) is 47.8. The number of rotatable bonds is 5. The van der Waals surface area contributed by atoms with E-state index in [4.69, 9.17) is 0 Å². The highest BCUT2D eigenvalue weighted by molar-refractivity contribution is 7.26. The standard InChI is InChI=1S/C71H43NS/c1-3-19-44(20-4-1)50-36-40-65(70-69(50)57-32-16-18-34-66(57)73-70)72(48-24-5-2-6-25-48)64-39-37-53(51-27-11-13-29-54(51)64)58-43-63-68(55-30-14-12-28-52(55)58)56-31-15-17-33-60(56)71(63)61-38-35-45-21-9-10-26-49(45)67(61)59-41-46-22-7-8-23-47(46)42-62(59)71/h1-43H. The van der Waals surface area contributed by atoms with Crippen molar-refractivity contribution >= 4 is 91.7 Å². The first-order valence-electron chi connectivity index (χ1n) is 25.3. The molecule has 0 saturated heterocycles. The largest absolute Gasteiger partial charge is 0.308 e. The van der Waals surface area contributed by atoms with Crippen molar-refractivity contribution < 1.29 is 0 Å². The van der Waals surface area contributed by atoms with E-state index in [0.717, 1.165) is 11.4 Å². The molecule has 0 amide bonds. The lowest BCUT2D eigenvalue weighted by Crippen LogP contribution is -2.26. The molecule has 2 heteroatoms. The van der Waals surface area contributed by atoms with Crippen molar-refractivity contribution in [3.05, 3.63) is 283 Å². The Hall–Kier alpha value is -9.08. The van der Waals surface area contributed by atoms with E-state index in [-0.39, 0.29) is 0 Å². The molecule has 0 saturated carbocycles. The molecule has 1 aromatic heterocycles. The van der Waals surface area contributed by atoms with Gasteiger partial charge in [-0.25, -0.2) is 0 Å². The highest BCUT2D eigenvalue weighted by Gasteiger charge is 2.53. The zero-order valence-electron chi connectivity index (χ0n) is 39.7. The molecule has 2 aliphatic carbocycles. The summed E-state index contributed by atoms with van der Waals surface area (Å²) in [6, 6.07) is 98.0. The number of benzene rings is 13. The molecule has 2 aliphatic rings. The fourth-order valence-corrected chi connectivity index (χ4v) is 14.5. The van der Waals surface area contributed by atoms with E-state index < -0.39 is 5.41 Å². The number of hydrogen-bond acceptors (Lipinski definition) is 2. The van der Waals surface area contributed by atoms with Gasteiger partial charge in [0.25, 0.3) is 0 Å². The summed E-state index contributed by atoms with van der Waals surface area (Å²) in [5, 5.41) is 12.6. The Morgan fingerprint density at radius 1 is 0.301 bits per heavy atom. The summed E-state index contributed by atoms with van der Waals surface area (Å²) >= 11 is 1.89. The Morgan fingerprint density at radius 3 is 1.70 bits per heavy atom. The lowest BCUT2D eigenvalue weighted by atomic mass is 9.69. The number of nitrogens with zero attached hydrogens (tertiary/aromatic N) is 1. The summed E-state index contributed by atoms with van der Waals surface area (Å²) in [5.41, 5.74) is 18.5. The molecule has 16 rings (SSSR count). The van der Waals surface area contributed by atoms with Crippen LogP contribution in [0.1, 0.15) is 22.3 Å². The molecule has 1 unspecified atom stereocenters. The van der Waals surface area contributed by atoms with Crippen LogP contribution < -0.4 is 4.90 Å². The molecule has 0 fully saturated rings. The highest BCUT2D eigenvalue weighted by Crippen LogP contribution is 2.66. The van der Waals surface area contributed by atoms with Crippen molar-refractivity contribution in [2.45, 2.75) is 5.41 Å². The summed E-state index contributed by atoms with van der Waals surface area (Å²) < 4.78 is 2.55. The molecular formula is C71H43NS. The summed E-state index contributed by atoms with van der Waals surface area (Å²) in [6.07, 6.45) is 0. The van der Waals surface area contributed by atoms with E-state index >= 15 is 0 Å². The van der Waals surface area contributed by atoms with Crippen LogP contribution >= 0.6 is 11.3 Å². The first kappa shape index (κ1) is 40.6. The maximum atomic E-state index is 2.60. The second-order valence-electron chi connectivity index (χ2n) is 19.8. The van der Waals surface area contributed by atoms with Crippen LogP contribution in [0.25, 0.3) is 108 Å². The second kappa shape index (κ2) is 15.5. The molecule has 0 aliphatic heterocycles. The Bertz CT molecular complexity index is 4620. The van der Waals surface area contributed by atoms with Gasteiger partial charge in [0.05, 0.1) is 21.5 Å². The van der Waals surface area contributed by atoms with E-state index in [1.807, 2.05) is 11.3 Å². The molecule has 1 heterocycles. The molecular weight excluding hydrogens is 899 g/mol. The third kappa shape index (κ3) is 5.62. The minimum atomic E-state index is -0.551. The normalized spacial score (nSPS) is 14.4.